The number of aromatic nitrogens is 2. The number of nitrogens with zero attached hydrogens (tertiary/aromatic N) is 1. The molecule has 2 heterocycles. The first kappa shape index (κ1) is 19.1. The molecule has 5 aromatic carbocycles. The van der Waals surface area contributed by atoms with Gasteiger partial charge in [0.2, 0.25) is 0 Å². The summed E-state index contributed by atoms with van der Waals surface area (Å²) in [4.78, 5) is 3.47. The molecule has 0 saturated carbocycles. The summed E-state index contributed by atoms with van der Waals surface area (Å²) in [6, 6.07) is 32.4. The van der Waals surface area contributed by atoms with Gasteiger partial charge in [-0.1, -0.05) is 36.4 Å². The minimum absolute atomic E-state index is 0.334. The monoisotopic (exact) mass is 444 g/mol. The number of hydrogen-bond acceptors (Lipinski definition) is 0. The minimum Gasteiger partial charge on any atom is -0.355 e. The van der Waals surface area contributed by atoms with Crippen LogP contribution >= 0.6 is 0 Å². The second kappa shape index (κ2) is 7.03. The molecule has 162 valence electrons. The molecular weight excluding hydrogens is 426 g/mol. The Morgan fingerprint density at radius 3 is 1.82 bits per heavy atom. The number of benzene rings is 5. The summed E-state index contributed by atoms with van der Waals surface area (Å²) in [7, 11) is 0. The predicted molar refractivity (Wildman–Crippen MR) is 135 cm³/mol. The highest BCUT2D eigenvalue weighted by Crippen LogP contribution is 2.34. The Bertz CT molecular complexity index is 1820. The van der Waals surface area contributed by atoms with Crippen molar-refractivity contribution in [1.82, 2.24) is 9.55 Å². The highest BCUT2D eigenvalue weighted by Gasteiger charge is 2.14. The minimum atomic E-state index is -0.334. The molecule has 0 unspecified atom stereocenters. The average Bonchev–Trinajstić information content (AvgIpc) is 3.39. The van der Waals surface area contributed by atoms with Crippen LogP contribution in [0.25, 0.3) is 60.4 Å². The number of nitrogens with one attached hydrogen (secondary N) is 1. The first-order chi connectivity index (χ1) is 16.7. The van der Waals surface area contributed by atoms with Crippen LogP contribution in [0.5, 0.6) is 0 Å². The van der Waals surface area contributed by atoms with Crippen molar-refractivity contribution >= 4 is 43.6 Å². The zero-order valence-corrected chi connectivity index (χ0v) is 18.0. The van der Waals surface area contributed by atoms with Crippen LogP contribution in [0.2, 0.25) is 0 Å². The lowest BCUT2D eigenvalue weighted by Crippen LogP contribution is -1.94. The molecule has 34 heavy (non-hydrogen) atoms. The van der Waals surface area contributed by atoms with Crippen molar-refractivity contribution in [2.75, 3.05) is 0 Å². The van der Waals surface area contributed by atoms with Crippen LogP contribution in [-0.4, -0.2) is 9.55 Å². The van der Waals surface area contributed by atoms with Crippen LogP contribution in [0.3, 0.4) is 0 Å². The largest absolute Gasteiger partial charge is 0.355 e. The second-order valence-electron chi connectivity index (χ2n) is 8.64. The third-order valence-corrected chi connectivity index (χ3v) is 6.65. The predicted octanol–water partition coefficient (Wildman–Crippen LogP) is 8.36. The first-order valence-corrected chi connectivity index (χ1v) is 11.2. The lowest BCUT2D eigenvalue weighted by atomic mass is 10.0. The van der Waals surface area contributed by atoms with E-state index in [9.17, 15) is 8.78 Å². The van der Waals surface area contributed by atoms with E-state index in [4.69, 9.17) is 0 Å². The molecule has 7 aromatic rings. The molecule has 1 N–H and O–H groups in total. The fourth-order valence-electron chi connectivity index (χ4n) is 5.08. The Morgan fingerprint density at radius 2 is 1.12 bits per heavy atom. The molecule has 4 heteroatoms. The molecule has 7 rings (SSSR count). The van der Waals surface area contributed by atoms with Gasteiger partial charge in [-0.15, -0.1) is 0 Å². The Labute approximate surface area is 193 Å². The third kappa shape index (κ3) is 2.78. The number of hydrogen-bond donors (Lipinski definition) is 1. The van der Waals surface area contributed by atoms with Gasteiger partial charge in [0.15, 0.2) is 0 Å². The molecule has 0 amide bonds. The van der Waals surface area contributed by atoms with Crippen LogP contribution in [-0.2, 0) is 0 Å². The van der Waals surface area contributed by atoms with E-state index in [1.54, 1.807) is 12.1 Å². The van der Waals surface area contributed by atoms with Crippen LogP contribution in [0.1, 0.15) is 0 Å². The smallest absolute Gasteiger partial charge is 0.123 e. The summed E-state index contributed by atoms with van der Waals surface area (Å²) in [6.45, 7) is 0. The standard InChI is InChI=1S/C30H18F2N2/c31-20-8-13-29-25(16-20)26-17-21(32)9-14-30(26)34(29)22-10-5-18(6-11-22)19-7-12-28-24(15-19)23-3-1-2-4-27(23)33-28/h1-17,33H. The van der Waals surface area contributed by atoms with Crippen molar-refractivity contribution in [3.8, 4) is 16.8 Å². The van der Waals surface area contributed by atoms with Gasteiger partial charge in [-0.3, -0.25) is 0 Å². The van der Waals surface area contributed by atoms with Gasteiger partial charge >= 0.3 is 0 Å². The summed E-state index contributed by atoms with van der Waals surface area (Å²) in [5, 5.41) is 3.80. The van der Waals surface area contributed by atoms with Crippen molar-refractivity contribution in [3.63, 3.8) is 0 Å². The maximum Gasteiger partial charge on any atom is 0.123 e. The molecular formula is C30H18F2N2. The summed E-state index contributed by atoms with van der Waals surface area (Å²) >= 11 is 0. The fourth-order valence-corrected chi connectivity index (χ4v) is 5.08. The molecule has 2 aromatic heterocycles. The van der Waals surface area contributed by atoms with Crippen LogP contribution in [0.4, 0.5) is 8.78 Å². The van der Waals surface area contributed by atoms with Gasteiger partial charge in [0.05, 0.1) is 11.0 Å². The van der Waals surface area contributed by atoms with Gasteiger partial charge in [-0.05, 0) is 77.9 Å². The molecule has 0 radical (unpaired) electrons. The Hall–Kier alpha value is -4.44. The van der Waals surface area contributed by atoms with Crippen molar-refractivity contribution < 1.29 is 8.78 Å². The number of rotatable bonds is 2. The lowest BCUT2D eigenvalue weighted by Gasteiger charge is -2.09. The van der Waals surface area contributed by atoms with Gasteiger partial charge < -0.3 is 9.55 Å². The van der Waals surface area contributed by atoms with E-state index in [-0.39, 0.29) is 11.6 Å². The first-order valence-electron chi connectivity index (χ1n) is 11.2. The van der Waals surface area contributed by atoms with E-state index in [2.05, 4.69) is 70.2 Å². The summed E-state index contributed by atoms with van der Waals surface area (Å²) in [5.74, 6) is -0.669. The van der Waals surface area contributed by atoms with Gasteiger partial charge in [-0.25, -0.2) is 8.78 Å². The number of aromatic amines is 1. The van der Waals surface area contributed by atoms with Crippen LogP contribution < -0.4 is 0 Å². The molecule has 0 bridgehead atoms. The highest BCUT2D eigenvalue weighted by molar-refractivity contribution is 6.10. The van der Waals surface area contributed by atoms with Gasteiger partial charge in [0.25, 0.3) is 0 Å². The number of H-pyrrole nitrogens is 1. The summed E-state index contributed by atoms with van der Waals surface area (Å²) < 4.78 is 30.0. The zero-order chi connectivity index (χ0) is 22.8. The van der Waals surface area contributed by atoms with E-state index in [0.717, 1.165) is 38.9 Å². The molecule has 0 aliphatic carbocycles. The fraction of sp³-hybridized carbons (Fsp3) is 0. The molecule has 2 nitrogen and oxygen atoms in total. The van der Waals surface area contributed by atoms with Gasteiger partial charge in [-0.2, -0.15) is 0 Å². The Balaban J connectivity index is 1.38. The highest BCUT2D eigenvalue weighted by atomic mass is 19.1. The maximum atomic E-state index is 14.0. The van der Waals surface area contributed by atoms with Gasteiger partial charge in [0.1, 0.15) is 11.6 Å². The quantitative estimate of drug-likeness (QED) is 0.277. The van der Waals surface area contributed by atoms with Crippen LogP contribution in [0.15, 0.2) is 103 Å². The number of fused-ring (bicyclic) bond motifs is 6. The third-order valence-electron chi connectivity index (χ3n) is 6.65. The number of halogens is 2. The summed E-state index contributed by atoms with van der Waals surface area (Å²) in [5.41, 5.74) is 7.11. The van der Waals surface area contributed by atoms with Crippen molar-refractivity contribution in [2.24, 2.45) is 0 Å². The van der Waals surface area contributed by atoms with Crippen molar-refractivity contribution in [1.29, 1.82) is 0 Å². The number of para-hydroxylation sites is 1. The normalized spacial score (nSPS) is 11.8. The van der Waals surface area contributed by atoms with Crippen molar-refractivity contribution in [2.45, 2.75) is 0 Å². The molecule has 0 atom stereocenters. The molecule has 0 fully saturated rings. The van der Waals surface area contributed by atoms with E-state index in [1.807, 2.05) is 6.07 Å². The van der Waals surface area contributed by atoms with Crippen LogP contribution in [0, 0.1) is 11.6 Å². The maximum absolute atomic E-state index is 14.0. The van der Waals surface area contributed by atoms with Gasteiger partial charge in [0, 0.05) is 38.3 Å². The summed E-state index contributed by atoms with van der Waals surface area (Å²) in [6.07, 6.45) is 0. The van der Waals surface area contributed by atoms with E-state index < -0.39 is 0 Å². The topological polar surface area (TPSA) is 20.7 Å². The average molecular weight is 444 g/mol. The van der Waals surface area contributed by atoms with E-state index >= 15 is 0 Å². The molecule has 0 aliphatic rings. The van der Waals surface area contributed by atoms with E-state index in [1.165, 1.54) is 35.0 Å². The second-order valence-corrected chi connectivity index (χ2v) is 8.64. The molecule has 0 saturated heterocycles. The Morgan fingerprint density at radius 1 is 0.500 bits per heavy atom. The molecule has 0 spiro atoms. The van der Waals surface area contributed by atoms with Crippen molar-refractivity contribution in [3.05, 3.63) is 115 Å². The Kier molecular flexibility index (Phi) is 3.94. The molecule has 0 aliphatic heterocycles. The SMILES string of the molecule is Fc1ccc2c(c1)c1cc(F)ccc1n2-c1ccc(-c2ccc3[nH]c4ccccc4c3c2)cc1. The lowest BCUT2D eigenvalue weighted by molar-refractivity contribution is 0.628. The van der Waals surface area contributed by atoms with E-state index in [0.29, 0.717) is 10.8 Å². The zero-order valence-electron chi connectivity index (χ0n) is 18.0.